The van der Waals surface area contributed by atoms with Crippen molar-refractivity contribution in [1.82, 2.24) is 5.32 Å². The SMILES string of the molecule is CC1CN(c2cccc(Cl)c2)C(=O)C(CO)N1. The lowest BCUT2D eigenvalue weighted by Crippen LogP contribution is -2.60. The molecule has 1 heterocycles. The van der Waals surface area contributed by atoms with Crippen LogP contribution in [0.3, 0.4) is 0 Å². The molecule has 5 heteroatoms. The van der Waals surface area contributed by atoms with Crippen LogP contribution < -0.4 is 10.2 Å². The number of nitrogens with zero attached hydrogens (tertiary/aromatic N) is 1. The first-order chi connectivity index (χ1) is 8.11. The molecule has 0 saturated carbocycles. The molecule has 1 amide bonds. The number of hydrogen-bond donors (Lipinski definition) is 2. The third-order valence-electron chi connectivity index (χ3n) is 2.81. The first-order valence-corrected chi connectivity index (χ1v) is 5.93. The van der Waals surface area contributed by atoms with Gasteiger partial charge in [-0.1, -0.05) is 17.7 Å². The highest BCUT2D eigenvalue weighted by Crippen LogP contribution is 2.22. The second-order valence-electron chi connectivity index (χ2n) is 4.23. The zero-order chi connectivity index (χ0) is 12.4. The lowest BCUT2D eigenvalue weighted by atomic mass is 10.1. The molecule has 2 rings (SSSR count). The Morgan fingerprint density at radius 2 is 2.35 bits per heavy atom. The molecule has 2 N–H and O–H groups in total. The van der Waals surface area contributed by atoms with Crippen LogP contribution in [0.1, 0.15) is 6.92 Å². The van der Waals surface area contributed by atoms with Crippen LogP contribution in [0.15, 0.2) is 24.3 Å². The number of amides is 1. The molecule has 0 aromatic heterocycles. The van der Waals surface area contributed by atoms with Gasteiger partial charge in [0, 0.05) is 23.3 Å². The minimum atomic E-state index is -0.530. The first-order valence-electron chi connectivity index (χ1n) is 5.55. The topological polar surface area (TPSA) is 52.6 Å². The van der Waals surface area contributed by atoms with E-state index >= 15 is 0 Å². The number of aliphatic hydroxyl groups is 1. The summed E-state index contributed by atoms with van der Waals surface area (Å²) in [5.41, 5.74) is 0.773. The molecule has 0 aliphatic carbocycles. The largest absolute Gasteiger partial charge is 0.394 e. The molecule has 1 fully saturated rings. The number of hydrogen-bond acceptors (Lipinski definition) is 3. The lowest BCUT2D eigenvalue weighted by molar-refractivity contribution is -0.123. The van der Waals surface area contributed by atoms with Crippen LogP contribution >= 0.6 is 11.6 Å². The summed E-state index contributed by atoms with van der Waals surface area (Å²) < 4.78 is 0. The van der Waals surface area contributed by atoms with Crippen LogP contribution in [0, 0.1) is 0 Å². The van der Waals surface area contributed by atoms with E-state index in [4.69, 9.17) is 16.7 Å². The standard InChI is InChI=1S/C12H15ClN2O2/c1-8-6-15(12(17)11(7-16)14-8)10-4-2-3-9(13)5-10/h2-5,8,11,14,16H,6-7H2,1H3. The van der Waals surface area contributed by atoms with Crippen molar-refractivity contribution < 1.29 is 9.90 Å². The second-order valence-corrected chi connectivity index (χ2v) is 4.67. The van der Waals surface area contributed by atoms with Gasteiger partial charge < -0.3 is 10.0 Å². The summed E-state index contributed by atoms with van der Waals surface area (Å²) in [6.07, 6.45) is 0. The molecule has 1 aromatic carbocycles. The number of anilines is 1. The van der Waals surface area contributed by atoms with Gasteiger partial charge in [0.15, 0.2) is 0 Å². The fraction of sp³-hybridized carbons (Fsp3) is 0.417. The molecule has 0 spiro atoms. The van der Waals surface area contributed by atoms with Crippen LogP contribution in [0.5, 0.6) is 0 Å². The quantitative estimate of drug-likeness (QED) is 0.829. The Hall–Kier alpha value is -1.10. The summed E-state index contributed by atoms with van der Waals surface area (Å²) in [5, 5.41) is 12.8. The van der Waals surface area contributed by atoms with E-state index in [1.54, 1.807) is 17.0 Å². The predicted molar refractivity (Wildman–Crippen MR) is 67.3 cm³/mol. The molecule has 2 unspecified atom stereocenters. The Morgan fingerprint density at radius 1 is 1.59 bits per heavy atom. The number of benzene rings is 1. The fourth-order valence-corrected chi connectivity index (χ4v) is 2.21. The highest BCUT2D eigenvalue weighted by atomic mass is 35.5. The third kappa shape index (κ3) is 2.60. The number of piperazine rings is 1. The van der Waals surface area contributed by atoms with Gasteiger partial charge in [0.2, 0.25) is 5.91 Å². The molecule has 0 bridgehead atoms. The molecular weight excluding hydrogens is 240 g/mol. The number of rotatable bonds is 2. The molecule has 1 aliphatic rings. The van der Waals surface area contributed by atoms with Crippen molar-refractivity contribution in [2.75, 3.05) is 18.1 Å². The van der Waals surface area contributed by atoms with E-state index < -0.39 is 6.04 Å². The Labute approximate surface area is 105 Å². The van der Waals surface area contributed by atoms with Gasteiger partial charge >= 0.3 is 0 Å². The van der Waals surface area contributed by atoms with Crippen LogP contribution in [-0.2, 0) is 4.79 Å². The summed E-state index contributed by atoms with van der Waals surface area (Å²) in [5.74, 6) is -0.118. The van der Waals surface area contributed by atoms with Crippen LogP contribution in [0.25, 0.3) is 0 Å². The van der Waals surface area contributed by atoms with E-state index in [9.17, 15) is 4.79 Å². The molecule has 92 valence electrons. The van der Waals surface area contributed by atoms with Gasteiger partial charge in [-0.15, -0.1) is 0 Å². The maximum absolute atomic E-state index is 12.1. The van der Waals surface area contributed by atoms with Gasteiger partial charge in [-0.2, -0.15) is 0 Å². The van der Waals surface area contributed by atoms with E-state index in [2.05, 4.69) is 5.32 Å². The van der Waals surface area contributed by atoms with E-state index in [1.807, 2.05) is 19.1 Å². The Balaban J connectivity index is 2.27. The summed E-state index contributed by atoms with van der Waals surface area (Å²) >= 11 is 5.92. The van der Waals surface area contributed by atoms with E-state index in [1.165, 1.54) is 0 Å². The molecule has 0 radical (unpaired) electrons. The predicted octanol–water partition coefficient (Wildman–Crippen LogP) is 1.03. The molecular formula is C12H15ClN2O2. The first kappa shape index (κ1) is 12.4. The summed E-state index contributed by atoms with van der Waals surface area (Å²) in [7, 11) is 0. The van der Waals surface area contributed by atoms with Gasteiger partial charge in [-0.25, -0.2) is 0 Å². The normalized spacial score (nSPS) is 25.1. The van der Waals surface area contributed by atoms with Gasteiger partial charge in [0.05, 0.1) is 6.61 Å². The van der Waals surface area contributed by atoms with Gasteiger partial charge in [-0.05, 0) is 25.1 Å². The Kier molecular flexibility index (Phi) is 3.66. The van der Waals surface area contributed by atoms with Gasteiger partial charge in [-0.3, -0.25) is 10.1 Å². The molecule has 17 heavy (non-hydrogen) atoms. The summed E-state index contributed by atoms with van der Waals surface area (Å²) in [6, 6.07) is 6.79. The number of halogens is 1. The van der Waals surface area contributed by atoms with Crippen molar-refractivity contribution in [1.29, 1.82) is 0 Å². The Bertz CT molecular complexity index is 425. The molecule has 2 atom stereocenters. The number of aliphatic hydroxyl groups excluding tert-OH is 1. The number of carbonyl (C=O) groups is 1. The maximum atomic E-state index is 12.1. The molecule has 1 saturated heterocycles. The lowest BCUT2D eigenvalue weighted by Gasteiger charge is -2.36. The van der Waals surface area contributed by atoms with Crippen molar-refractivity contribution in [3.63, 3.8) is 0 Å². The maximum Gasteiger partial charge on any atom is 0.246 e. The minimum absolute atomic E-state index is 0.118. The second kappa shape index (κ2) is 5.04. The number of nitrogens with one attached hydrogen (secondary N) is 1. The molecule has 1 aliphatic heterocycles. The van der Waals surface area contributed by atoms with Crippen LogP contribution in [0.4, 0.5) is 5.69 Å². The van der Waals surface area contributed by atoms with Crippen molar-refractivity contribution in [3.8, 4) is 0 Å². The Morgan fingerprint density at radius 3 is 3.00 bits per heavy atom. The van der Waals surface area contributed by atoms with E-state index in [-0.39, 0.29) is 18.6 Å². The highest BCUT2D eigenvalue weighted by Gasteiger charge is 2.32. The van der Waals surface area contributed by atoms with Crippen molar-refractivity contribution in [2.45, 2.75) is 19.0 Å². The average molecular weight is 255 g/mol. The summed E-state index contributed by atoms with van der Waals surface area (Å²) in [6.45, 7) is 2.36. The van der Waals surface area contributed by atoms with Crippen molar-refractivity contribution >= 4 is 23.2 Å². The highest BCUT2D eigenvalue weighted by molar-refractivity contribution is 6.30. The molecule has 1 aromatic rings. The van der Waals surface area contributed by atoms with E-state index in [0.29, 0.717) is 11.6 Å². The fourth-order valence-electron chi connectivity index (χ4n) is 2.03. The van der Waals surface area contributed by atoms with Crippen molar-refractivity contribution in [3.05, 3.63) is 29.3 Å². The third-order valence-corrected chi connectivity index (χ3v) is 3.04. The monoisotopic (exact) mass is 254 g/mol. The van der Waals surface area contributed by atoms with E-state index in [0.717, 1.165) is 5.69 Å². The van der Waals surface area contributed by atoms with Gasteiger partial charge in [0.1, 0.15) is 6.04 Å². The number of carbonyl (C=O) groups excluding carboxylic acids is 1. The minimum Gasteiger partial charge on any atom is -0.394 e. The van der Waals surface area contributed by atoms with Gasteiger partial charge in [0.25, 0.3) is 0 Å². The van der Waals surface area contributed by atoms with Crippen LogP contribution in [-0.4, -0.2) is 36.2 Å². The zero-order valence-corrected chi connectivity index (χ0v) is 10.3. The van der Waals surface area contributed by atoms with Crippen molar-refractivity contribution in [2.24, 2.45) is 0 Å². The smallest absolute Gasteiger partial charge is 0.246 e. The zero-order valence-electron chi connectivity index (χ0n) is 9.56. The average Bonchev–Trinajstić information content (AvgIpc) is 2.31. The molecule has 4 nitrogen and oxygen atoms in total. The van der Waals surface area contributed by atoms with Crippen LogP contribution in [0.2, 0.25) is 5.02 Å². The summed E-state index contributed by atoms with van der Waals surface area (Å²) in [4.78, 5) is 13.7.